The molecule has 5 rings (SSSR count). The van der Waals surface area contributed by atoms with Gasteiger partial charge in [-0.05, 0) is 67.3 Å². The number of aryl methyl sites for hydroxylation is 2. The summed E-state index contributed by atoms with van der Waals surface area (Å²) in [6.07, 6.45) is 2.12. The van der Waals surface area contributed by atoms with E-state index >= 15 is 0 Å². The monoisotopic (exact) mass is 611 g/mol. The number of carboxylic acid groups (broad SMARTS) is 1. The van der Waals surface area contributed by atoms with Crippen LogP contribution in [0.4, 0.5) is 10.5 Å². The minimum absolute atomic E-state index is 0.268. The van der Waals surface area contributed by atoms with Gasteiger partial charge < -0.3 is 14.4 Å². The van der Waals surface area contributed by atoms with Gasteiger partial charge in [-0.1, -0.05) is 80.4 Å². The molecule has 0 saturated carbocycles. The Hall–Kier alpha value is -4.63. The molecule has 0 amide bonds. The van der Waals surface area contributed by atoms with E-state index in [1.165, 1.54) is 4.31 Å². The van der Waals surface area contributed by atoms with Crippen molar-refractivity contribution in [3.8, 4) is 16.9 Å². The highest BCUT2D eigenvalue weighted by atomic mass is 32.2. The molecule has 0 aliphatic rings. The van der Waals surface area contributed by atoms with Crippen molar-refractivity contribution in [2.45, 2.75) is 57.9 Å². The number of benzene rings is 4. The van der Waals surface area contributed by atoms with Crippen molar-refractivity contribution in [2.75, 3.05) is 10.8 Å². The highest BCUT2D eigenvalue weighted by Gasteiger charge is 2.25. The average Bonchev–Trinajstić information content (AvgIpc) is 3.35. The Balaban J connectivity index is 1.52. The number of rotatable bonds is 12. The lowest BCUT2D eigenvalue weighted by Crippen LogP contribution is -2.31. The summed E-state index contributed by atoms with van der Waals surface area (Å²) in [4.78, 5) is 16.4. The zero-order valence-electron chi connectivity index (χ0n) is 25.2. The maximum atomic E-state index is 13.8. The molecule has 0 atom stereocenters. The number of unbranched alkanes of at least 4 members (excludes halogenated alkanes) is 1. The lowest BCUT2D eigenvalue weighted by Gasteiger charge is -2.24. The molecule has 0 radical (unpaired) electrons. The number of nitrogens with zero attached hydrogens (tertiary/aromatic N) is 3. The van der Waals surface area contributed by atoms with Crippen LogP contribution in [-0.2, 0) is 23.0 Å². The number of carbonyl (C=O) groups is 1. The third-order valence-corrected chi connectivity index (χ3v) is 9.42. The molecule has 5 aromatic rings. The fourth-order valence-corrected chi connectivity index (χ4v) is 6.86. The summed E-state index contributed by atoms with van der Waals surface area (Å²) in [5.74, 6) is 1.23. The Morgan fingerprint density at radius 1 is 0.932 bits per heavy atom. The molecule has 0 spiro atoms. The number of hydrogen-bond donors (Lipinski definition) is 1. The first-order valence-electron chi connectivity index (χ1n) is 14.9. The van der Waals surface area contributed by atoms with E-state index in [0.717, 1.165) is 52.8 Å². The number of anilines is 1. The van der Waals surface area contributed by atoms with Crippen LogP contribution in [0.15, 0.2) is 95.9 Å². The summed E-state index contributed by atoms with van der Waals surface area (Å²) in [5, 5.41) is 9.13. The number of ether oxygens (including phenoxy) is 1. The van der Waals surface area contributed by atoms with Gasteiger partial charge in [0.15, 0.2) is 0 Å². The van der Waals surface area contributed by atoms with Crippen molar-refractivity contribution in [1.29, 1.82) is 0 Å². The van der Waals surface area contributed by atoms with Crippen molar-refractivity contribution in [1.82, 2.24) is 9.55 Å². The number of hydrogen-bond acceptors (Lipinski definition) is 5. The van der Waals surface area contributed by atoms with Crippen LogP contribution >= 0.6 is 0 Å². The Morgan fingerprint density at radius 3 is 2.34 bits per heavy atom. The van der Waals surface area contributed by atoms with Crippen LogP contribution in [0.5, 0.6) is 5.75 Å². The van der Waals surface area contributed by atoms with E-state index in [1.54, 1.807) is 24.3 Å². The molecule has 44 heavy (non-hydrogen) atoms. The summed E-state index contributed by atoms with van der Waals surface area (Å²) in [7, 11) is -3.77. The zero-order valence-corrected chi connectivity index (χ0v) is 26.0. The fraction of sp³-hybridized carbons (Fsp3) is 0.257. The Labute approximate surface area is 258 Å². The standard InChI is InChI=1S/C35H37N3O5S/c1-4-6-11-34-36-31-21-18-28(38(22-5-2)44(41,42)29-19-12-25(3)13-20-29)23-32(31)37(34)24-26-14-16-27(17-15-26)30-9-7-8-10-33(30)43-35(39)40/h7-10,12-21,23H,4-6,11,22,24H2,1-3H3,(H,39,40). The molecule has 0 aliphatic carbocycles. The maximum Gasteiger partial charge on any atom is 0.511 e. The average molecular weight is 612 g/mol. The molecule has 4 aromatic carbocycles. The van der Waals surface area contributed by atoms with E-state index in [9.17, 15) is 13.2 Å². The van der Waals surface area contributed by atoms with Gasteiger partial charge in [0, 0.05) is 25.1 Å². The van der Waals surface area contributed by atoms with Crippen LogP contribution in [0.3, 0.4) is 0 Å². The molecule has 1 heterocycles. The van der Waals surface area contributed by atoms with E-state index in [0.29, 0.717) is 30.8 Å². The predicted molar refractivity (Wildman–Crippen MR) is 174 cm³/mol. The molecule has 1 N–H and O–H groups in total. The minimum atomic E-state index is -3.77. The molecule has 1 aromatic heterocycles. The molecule has 9 heteroatoms. The normalized spacial score (nSPS) is 11.5. The minimum Gasteiger partial charge on any atom is -0.449 e. The topological polar surface area (TPSA) is 102 Å². The molecular formula is C35H37N3O5S. The van der Waals surface area contributed by atoms with Gasteiger partial charge in [0.2, 0.25) is 0 Å². The first-order chi connectivity index (χ1) is 21.2. The highest BCUT2D eigenvalue weighted by molar-refractivity contribution is 7.92. The summed E-state index contributed by atoms with van der Waals surface area (Å²) in [6, 6.07) is 27.6. The molecule has 0 aliphatic heterocycles. The Morgan fingerprint density at radius 2 is 1.66 bits per heavy atom. The van der Waals surface area contributed by atoms with Crippen molar-refractivity contribution in [3.63, 3.8) is 0 Å². The van der Waals surface area contributed by atoms with E-state index < -0.39 is 16.2 Å². The third kappa shape index (κ3) is 6.63. The lowest BCUT2D eigenvalue weighted by molar-refractivity contribution is 0.144. The summed E-state index contributed by atoms with van der Waals surface area (Å²) >= 11 is 0. The number of imidazole rings is 1. The number of fused-ring (bicyclic) bond motifs is 1. The second-order valence-corrected chi connectivity index (χ2v) is 12.7. The van der Waals surface area contributed by atoms with Crippen molar-refractivity contribution in [2.24, 2.45) is 0 Å². The maximum absolute atomic E-state index is 13.8. The van der Waals surface area contributed by atoms with Crippen LogP contribution in [-0.4, -0.2) is 35.8 Å². The SMILES string of the molecule is CCCCc1nc2ccc(N(CCC)S(=O)(=O)c3ccc(C)cc3)cc2n1Cc1ccc(-c2ccccc2OC(=O)O)cc1. The molecule has 0 saturated heterocycles. The summed E-state index contributed by atoms with van der Waals surface area (Å²) < 4.78 is 36.2. The lowest BCUT2D eigenvalue weighted by atomic mass is 10.0. The van der Waals surface area contributed by atoms with Gasteiger partial charge in [-0.15, -0.1) is 0 Å². The van der Waals surface area contributed by atoms with Gasteiger partial charge >= 0.3 is 6.16 Å². The van der Waals surface area contributed by atoms with Gasteiger partial charge in [-0.25, -0.2) is 18.2 Å². The van der Waals surface area contributed by atoms with E-state index in [4.69, 9.17) is 14.8 Å². The Kier molecular flexibility index (Phi) is 9.35. The van der Waals surface area contributed by atoms with Crippen molar-refractivity contribution < 1.29 is 23.1 Å². The van der Waals surface area contributed by atoms with E-state index in [1.807, 2.05) is 80.6 Å². The first kappa shape index (κ1) is 30.8. The molecular weight excluding hydrogens is 574 g/mol. The smallest absolute Gasteiger partial charge is 0.449 e. The van der Waals surface area contributed by atoms with Crippen LogP contribution < -0.4 is 9.04 Å². The van der Waals surface area contributed by atoms with Crippen LogP contribution in [0.1, 0.15) is 50.1 Å². The van der Waals surface area contributed by atoms with Crippen molar-refractivity contribution >= 4 is 32.9 Å². The quantitative estimate of drug-likeness (QED) is 0.113. The van der Waals surface area contributed by atoms with Gasteiger partial charge in [0.05, 0.1) is 21.6 Å². The number of para-hydroxylation sites is 1. The summed E-state index contributed by atoms with van der Waals surface area (Å²) in [5.41, 5.74) is 5.86. The fourth-order valence-electron chi connectivity index (χ4n) is 5.31. The zero-order chi connectivity index (χ0) is 31.3. The van der Waals surface area contributed by atoms with Crippen LogP contribution in [0, 0.1) is 6.92 Å². The number of sulfonamides is 1. The molecule has 228 valence electrons. The molecule has 8 nitrogen and oxygen atoms in total. The Bertz CT molecular complexity index is 1860. The number of aromatic nitrogens is 2. The van der Waals surface area contributed by atoms with E-state index in [-0.39, 0.29) is 10.6 Å². The van der Waals surface area contributed by atoms with Crippen LogP contribution in [0.2, 0.25) is 0 Å². The third-order valence-electron chi connectivity index (χ3n) is 7.58. The summed E-state index contributed by atoms with van der Waals surface area (Å²) in [6.45, 7) is 6.96. The van der Waals surface area contributed by atoms with Crippen LogP contribution in [0.25, 0.3) is 22.2 Å². The second kappa shape index (κ2) is 13.3. The van der Waals surface area contributed by atoms with Gasteiger partial charge in [0.1, 0.15) is 11.6 Å². The molecule has 0 unspecified atom stereocenters. The van der Waals surface area contributed by atoms with Gasteiger partial charge in [-0.2, -0.15) is 0 Å². The predicted octanol–water partition coefficient (Wildman–Crippen LogP) is 8.06. The van der Waals surface area contributed by atoms with Crippen molar-refractivity contribution in [3.05, 3.63) is 108 Å². The second-order valence-electron chi connectivity index (χ2n) is 10.8. The van der Waals surface area contributed by atoms with E-state index in [2.05, 4.69) is 11.5 Å². The van der Waals surface area contributed by atoms with Gasteiger partial charge in [-0.3, -0.25) is 4.31 Å². The highest BCUT2D eigenvalue weighted by Crippen LogP contribution is 2.32. The largest absolute Gasteiger partial charge is 0.511 e. The first-order valence-corrected chi connectivity index (χ1v) is 16.3. The van der Waals surface area contributed by atoms with Gasteiger partial charge in [0.25, 0.3) is 10.0 Å². The molecule has 0 bridgehead atoms. The molecule has 0 fully saturated rings.